The van der Waals surface area contributed by atoms with Crippen LogP contribution >= 0.6 is 0 Å². The van der Waals surface area contributed by atoms with Crippen molar-refractivity contribution in [1.82, 2.24) is 0 Å². The van der Waals surface area contributed by atoms with Gasteiger partial charge >= 0.3 is 5.97 Å². The van der Waals surface area contributed by atoms with E-state index in [0.29, 0.717) is 0 Å². The lowest BCUT2D eigenvalue weighted by atomic mass is 9.91. The van der Waals surface area contributed by atoms with E-state index in [1.807, 2.05) is 0 Å². The molecule has 23 heavy (non-hydrogen) atoms. The van der Waals surface area contributed by atoms with E-state index in [9.17, 15) is 14.7 Å². The SMILES string of the molecule is CCCC[C@H](O)CCCC[C@@H](CCCCCCC(=O)O)C(C)=O. The van der Waals surface area contributed by atoms with Crippen LogP contribution < -0.4 is 0 Å². The van der Waals surface area contributed by atoms with Crippen molar-refractivity contribution >= 4 is 11.8 Å². The Labute approximate surface area is 141 Å². The lowest BCUT2D eigenvalue weighted by molar-refractivity contribution is -0.137. The Bertz CT molecular complexity index is 314. The van der Waals surface area contributed by atoms with Gasteiger partial charge in [0.15, 0.2) is 0 Å². The summed E-state index contributed by atoms with van der Waals surface area (Å²) < 4.78 is 0. The molecule has 0 saturated carbocycles. The van der Waals surface area contributed by atoms with Crippen LogP contribution in [0.3, 0.4) is 0 Å². The number of rotatable bonds is 16. The third-order valence-corrected chi connectivity index (χ3v) is 4.50. The maximum Gasteiger partial charge on any atom is 0.303 e. The molecule has 2 atom stereocenters. The number of aliphatic carboxylic acids is 1. The second-order valence-corrected chi connectivity index (χ2v) is 6.73. The van der Waals surface area contributed by atoms with Gasteiger partial charge in [-0.1, -0.05) is 51.9 Å². The van der Waals surface area contributed by atoms with Gasteiger partial charge in [-0.15, -0.1) is 0 Å². The topological polar surface area (TPSA) is 74.6 Å². The minimum atomic E-state index is -0.729. The number of ketones is 1. The highest BCUT2D eigenvalue weighted by Gasteiger charge is 2.14. The van der Waals surface area contributed by atoms with Crippen molar-refractivity contribution in [2.45, 2.75) is 103 Å². The zero-order chi connectivity index (χ0) is 17.5. The summed E-state index contributed by atoms with van der Waals surface area (Å²) in [6.45, 7) is 3.80. The van der Waals surface area contributed by atoms with Gasteiger partial charge in [0.1, 0.15) is 5.78 Å². The Kier molecular flexibility index (Phi) is 14.1. The molecule has 0 aliphatic carbocycles. The van der Waals surface area contributed by atoms with Crippen molar-refractivity contribution in [2.24, 2.45) is 5.92 Å². The summed E-state index contributed by atoms with van der Waals surface area (Å²) in [6, 6.07) is 0. The molecule has 0 aromatic carbocycles. The summed E-state index contributed by atoms with van der Waals surface area (Å²) in [5, 5.41) is 18.4. The van der Waals surface area contributed by atoms with Crippen molar-refractivity contribution in [3.63, 3.8) is 0 Å². The van der Waals surface area contributed by atoms with Gasteiger partial charge in [-0.05, 0) is 39.0 Å². The number of Topliss-reactive ketones (excluding diaryl/α,β-unsaturated/α-hetero) is 1. The van der Waals surface area contributed by atoms with Gasteiger partial charge in [0.2, 0.25) is 0 Å². The molecule has 0 fully saturated rings. The first-order valence-electron chi connectivity index (χ1n) is 9.37. The van der Waals surface area contributed by atoms with Crippen LogP contribution in [-0.2, 0) is 9.59 Å². The van der Waals surface area contributed by atoms with Gasteiger partial charge in [-0.3, -0.25) is 9.59 Å². The number of hydrogen-bond donors (Lipinski definition) is 2. The smallest absolute Gasteiger partial charge is 0.303 e. The molecule has 136 valence electrons. The first-order valence-corrected chi connectivity index (χ1v) is 9.37. The van der Waals surface area contributed by atoms with E-state index in [-0.39, 0.29) is 24.2 Å². The molecule has 0 heterocycles. The highest BCUT2D eigenvalue weighted by molar-refractivity contribution is 5.78. The molecule has 0 radical (unpaired) electrons. The van der Waals surface area contributed by atoms with Crippen LogP contribution in [0.25, 0.3) is 0 Å². The predicted octanol–water partition coefficient (Wildman–Crippen LogP) is 4.73. The van der Waals surface area contributed by atoms with Crippen LogP contribution in [-0.4, -0.2) is 28.1 Å². The van der Waals surface area contributed by atoms with Gasteiger partial charge in [0.05, 0.1) is 6.10 Å². The minimum absolute atomic E-state index is 0.141. The molecule has 0 aromatic heterocycles. The average Bonchev–Trinajstić information content (AvgIpc) is 2.49. The summed E-state index contributed by atoms with van der Waals surface area (Å²) in [5.74, 6) is -0.322. The van der Waals surface area contributed by atoms with E-state index in [0.717, 1.165) is 77.0 Å². The quantitative estimate of drug-likeness (QED) is 0.402. The number of carboxylic acids is 1. The number of hydrogen-bond acceptors (Lipinski definition) is 3. The van der Waals surface area contributed by atoms with E-state index in [2.05, 4.69) is 6.92 Å². The van der Waals surface area contributed by atoms with Crippen LogP contribution in [0, 0.1) is 5.92 Å². The Morgan fingerprint density at radius 2 is 1.35 bits per heavy atom. The molecule has 2 N–H and O–H groups in total. The minimum Gasteiger partial charge on any atom is -0.481 e. The van der Waals surface area contributed by atoms with Crippen molar-refractivity contribution in [2.75, 3.05) is 0 Å². The van der Waals surface area contributed by atoms with Crippen molar-refractivity contribution in [3.8, 4) is 0 Å². The normalized spacial score (nSPS) is 13.7. The van der Waals surface area contributed by atoms with Crippen LogP contribution in [0.15, 0.2) is 0 Å². The molecular weight excluding hydrogens is 292 g/mol. The van der Waals surface area contributed by atoms with E-state index >= 15 is 0 Å². The van der Waals surface area contributed by atoms with Crippen molar-refractivity contribution in [1.29, 1.82) is 0 Å². The van der Waals surface area contributed by atoms with Gasteiger partial charge in [0, 0.05) is 12.3 Å². The molecule has 0 aliphatic heterocycles. The molecule has 0 unspecified atom stereocenters. The van der Waals surface area contributed by atoms with Gasteiger partial charge in [-0.2, -0.15) is 0 Å². The van der Waals surface area contributed by atoms with E-state index < -0.39 is 5.97 Å². The van der Waals surface area contributed by atoms with Gasteiger partial charge in [-0.25, -0.2) is 0 Å². The fourth-order valence-electron chi connectivity index (χ4n) is 2.93. The number of unbranched alkanes of at least 4 members (excludes halogenated alkanes) is 5. The summed E-state index contributed by atoms with van der Waals surface area (Å²) in [7, 11) is 0. The molecule has 0 aromatic rings. The standard InChI is InChI=1S/C19H36O4/c1-3-4-13-18(21)14-10-9-12-17(16(2)20)11-7-5-6-8-15-19(22)23/h17-18,21H,3-15H2,1-2H3,(H,22,23)/t17-,18+/m1/s1. The molecule has 0 aliphatic rings. The molecular formula is C19H36O4. The lowest BCUT2D eigenvalue weighted by Gasteiger charge is -2.14. The number of carbonyl (C=O) groups is 2. The lowest BCUT2D eigenvalue weighted by Crippen LogP contribution is -2.12. The highest BCUT2D eigenvalue weighted by atomic mass is 16.4. The number of carboxylic acid groups (broad SMARTS) is 1. The van der Waals surface area contributed by atoms with Crippen LogP contribution in [0.4, 0.5) is 0 Å². The van der Waals surface area contributed by atoms with Gasteiger partial charge in [0.25, 0.3) is 0 Å². The molecule has 4 nitrogen and oxygen atoms in total. The summed E-state index contributed by atoms with van der Waals surface area (Å²) in [5.41, 5.74) is 0. The number of aliphatic hydroxyl groups is 1. The maximum atomic E-state index is 11.7. The summed E-state index contributed by atoms with van der Waals surface area (Å²) in [6.07, 6.45) is 11.5. The first-order chi connectivity index (χ1) is 11.0. The van der Waals surface area contributed by atoms with Crippen molar-refractivity contribution in [3.05, 3.63) is 0 Å². The fourth-order valence-corrected chi connectivity index (χ4v) is 2.93. The van der Waals surface area contributed by atoms with Crippen LogP contribution in [0.1, 0.15) is 97.3 Å². The third-order valence-electron chi connectivity index (χ3n) is 4.50. The predicted molar refractivity (Wildman–Crippen MR) is 93.5 cm³/mol. The fraction of sp³-hybridized carbons (Fsp3) is 0.895. The Morgan fingerprint density at radius 3 is 1.91 bits per heavy atom. The van der Waals surface area contributed by atoms with E-state index in [1.165, 1.54) is 0 Å². The molecule has 0 rings (SSSR count). The molecule has 0 spiro atoms. The molecule has 0 saturated heterocycles. The molecule has 0 amide bonds. The second-order valence-electron chi connectivity index (χ2n) is 6.73. The Hall–Kier alpha value is -0.900. The first kappa shape index (κ1) is 22.1. The van der Waals surface area contributed by atoms with E-state index in [1.54, 1.807) is 6.92 Å². The number of aliphatic hydroxyl groups excluding tert-OH is 1. The Morgan fingerprint density at radius 1 is 0.826 bits per heavy atom. The molecule has 4 heteroatoms. The summed E-state index contributed by atoms with van der Waals surface area (Å²) >= 11 is 0. The zero-order valence-electron chi connectivity index (χ0n) is 15.1. The van der Waals surface area contributed by atoms with E-state index in [4.69, 9.17) is 5.11 Å². The largest absolute Gasteiger partial charge is 0.481 e. The average molecular weight is 328 g/mol. The number of carbonyl (C=O) groups excluding carboxylic acids is 1. The zero-order valence-corrected chi connectivity index (χ0v) is 15.1. The highest BCUT2D eigenvalue weighted by Crippen LogP contribution is 2.20. The molecule has 0 bridgehead atoms. The Balaban J connectivity index is 3.70. The van der Waals surface area contributed by atoms with Crippen molar-refractivity contribution < 1.29 is 19.8 Å². The maximum absolute atomic E-state index is 11.7. The van der Waals surface area contributed by atoms with Crippen LogP contribution in [0.2, 0.25) is 0 Å². The monoisotopic (exact) mass is 328 g/mol. The van der Waals surface area contributed by atoms with Crippen LogP contribution in [0.5, 0.6) is 0 Å². The van der Waals surface area contributed by atoms with Gasteiger partial charge < -0.3 is 10.2 Å². The summed E-state index contributed by atoms with van der Waals surface area (Å²) in [4.78, 5) is 22.1. The second kappa shape index (κ2) is 14.7. The third kappa shape index (κ3) is 14.4.